The molecule has 0 atom stereocenters. The van der Waals surface area contributed by atoms with Gasteiger partial charge in [0.05, 0.1) is 11.0 Å². The second-order valence-corrected chi connectivity index (χ2v) is 12.0. The lowest BCUT2D eigenvalue weighted by Crippen LogP contribution is -2.07. The van der Waals surface area contributed by atoms with E-state index in [9.17, 15) is 0 Å². The lowest BCUT2D eigenvalue weighted by Gasteiger charge is -2.13. The Balaban J connectivity index is 1.36. The van der Waals surface area contributed by atoms with Gasteiger partial charge >= 0.3 is 0 Å². The molecule has 3 heterocycles. The van der Waals surface area contributed by atoms with Crippen molar-refractivity contribution in [2.45, 2.75) is 0 Å². The molecule has 7 aromatic carbocycles. The van der Waals surface area contributed by atoms with E-state index in [1.807, 2.05) is 72.8 Å². The molecule has 0 saturated carbocycles. The molecule has 5 nitrogen and oxygen atoms in total. The van der Waals surface area contributed by atoms with Crippen molar-refractivity contribution in [3.8, 4) is 39.9 Å². The summed E-state index contributed by atoms with van der Waals surface area (Å²) in [6.07, 6.45) is 0. The molecule has 0 fully saturated rings. The summed E-state index contributed by atoms with van der Waals surface area (Å²) in [6, 6.07) is 54.4. The van der Waals surface area contributed by atoms with E-state index in [0.29, 0.717) is 17.6 Å². The number of rotatable bonds is 4. The molecular formula is C43H26N4O. The molecule has 0 aliphatic rings. The number of hydrogen-bond acceptors (Lipinski definition) is 4. The Morgan fingerprint density at radius 3 is 1.75 bits per heavy atom. The van der Waals surface area contributed by atoms with Gasteiger partial charge in [0.1, 0.15) is 11.2 Å². The lowest BCUT2D eigenvalue weighted by atomic mass is 9.99. The van der Waals surface area contributed by atoms with Gasteiger partial charge in [-0.05, 0) is 29.0 Å². The summed E-state index contributed by atoms with van der Waals surface area (Å²) in [7, 11) is 0. The largest absolute Gasteiger partial charge is 0.455 e. The zero-order chi connectivity index (χ0) is 31.6. The highest BCUT2D eigenvalue weighted by atomic mass is 16.3. The zero-order valence-corrected chi connectivity index (χ0v) is 25.7. The highest BCUT2D eigenvalue weighted by molar-refractivity contribution is 6.19. The number of benzene rings is 7. The Morgan fingerprint density at radius 1 is 0.438 bits per heavy atom. The van der Waals surface area contributed by atoms with Gasteiger partial charge in [-0.1, -0.05) is 140 Å². The highest BCUT2D eigenvalue weighted by Gasteiger charge is 2.22. The van der Waals surface area contributed by atoms with Crippen LogP contribution in [-0.2, 0) is 0 Å². The van der Waals surface area contributed by atoms with Crippen molar-refractivity contribution in [2.75, 3.05) is 0 Å². The number of nitrogens with zero attached hydrogens (tertiary/aromatic N) is 4. The molecule has 0 bridgehead atoms. The second kappa shape index (κ2) is 10.5. The molecule has 10 rings (SSSR count). The summed E-state index contributed by atoms with van der Waals surface area (Å²) in [5, 5.41) is 6.77. The van der Waals surface area contributed by atoms with Crippen molar-refractivity contribution >= 4 is 54.5 Å². The van der Waals surface area contributed by atoms with Crippen molar-refractivity contribution < 1.29 is 4.42 Å². The van der Waals surface area contributed by atoms with Gasteiger partial charge < -0.3 is 4.42 Å². The van der Waals surface area contributed by atoms with Crippen LogP contribution in [0.1, 0.15) is 0 Å². The summed E-state index contributed by atoms with van der Waals surface area (Å²) in [5.74, 6) is 1.79. The van der Waals surface area contributed by atoms with E-state index in [1.54, 1.807) is 0 Å². The molecule has 0 spiro atoms. The van der Waals surface area contributed by atoms with Gasteiger partial charge in [0, 0.05) is 43.8 Å². The minimum absolute atomic E-state index is 0.558. The van der Waals surface area contributed by atoms with E-state index in [1.165, 1.54) is 5.39 Å². The zero-order valence-electron chi connectivity index (χ0n) is 25.7. The van der Waals surface area contributed by atoms with Crippen LogP contribution in [0.25, 0.3) is 94.4 Å². The maximum atomic E-state index is 6.57. The predicted octanol–water partition coefficient (Wildman–Crippen LogP) is 11.0. The third-order valence-electron chi connectivity index (χ3n) is 9.24. The monoisotopic (exact) mass is 614 g/mol. The molecule has 0 saturated heterocycles. The number of hydrogen-bond donors (Lipinski definition) is 0. The molecule has 0 aliphatic carbocycles. The van der Waals surface area contributed by atoms with Gasteiger partial charge in [-0.25, -0.2) is 4.98 Å². The molecule has 3 aromatic heterocycles. The third kappa shape index (κ3) is 4.08. The maximum absolute atomic E-state index is 6.57. The average Bonchev–Trinajstić information content (AvgIpc) is 3.70. The van der Waals surface area contributed by atoms with Gasteiger partial charge in [0.2, 0.25) is 5.95 Å². The van der Waals surface area contributed by atoms with Gasteiger partial charge in [0.15, 0.2) is 11.6 Å². The standard InChI is InChI=1S/C43H26N4O/c1-3-13-27(14-4-1)41-44-42(28-15-5-2-6-16-28)46-43(45-41)47-37-26-30-18-8-7-17-29(30)25-36(37)33-21-11-20-32(39(33)47)35-23-12-22-34-31-19-9-10-24-38(31)48-40(34)35/h1-26H. The van der Waals surface area contributed by atoms with Crippen LogP contribution in [0.4, 0.5) is 0 Å². The Labute approximate surface area is 275 Å². The SMILES string of the molecule is c1ccc(-c2nc(-c3ccccc3)nc(-n3c4cc5ccccc5cc4c4cccc(-c5cccc6c5oc5ccccc56)c43)n2)cc1. The van der Waals surface area contributed by atoms with E-state index in [4.69, 9.17) is 19.4 Å². The summed E-state index contributed by atoms with van der Waals surface area (Å²) < 4.78 is 8.79. The fourth-order valence-corrected chi connectivity index (χ4v) is 7.03. The van der Waals surface area contributed by atoms with Crippen LogP contribution >= 0.6 is 0 Å². The molecule has 0 amide bonds. The molecule has 5 heteroatoms. The minimum Gasteiger partial charge on any atom is -0.455 e. The molecule has 0 radical (unpaired) electrons. The number of para-hydroxylation sites is 3. The van der Waals surface area contributed by atoms with Crippen LogP contribution in [0, 0.1) is 0 Å². The molecule has 10 aromatic rings. The van der Waals surface area contributed by atoms with Gasteiger partial charge in [0.25, 0.3) is 0 Å². The number of fused-ring (bicyclic) bond motifs is 7. The molecule has 0 N–H and O–H groups in total. The van der Waals surface area contributed by atoms with E-state index in [2.05, 4.69) is 89.5 Å². The number of furan rings is 1. The smallest absolute Gasteiger partial charge is 0.238 e. The van der Waals surface area contributed by atoms with Crippen LogP contribution in [0.3, 0.4) is 0 Å². The summed E-state index contributed by atoms with van der Waals surface area (Å²) in [6.45, 7) is 0. The fourth-order valence-electron chi connectivity index (χ4n) is 7.03. The van der Waals surface area contributed by atoms with Crippen molar-refractivity contribution in [1.29, 1.82) is 0 Å². The molecule has 48 heavy (non-hydrogen) atoms. The van der Waals surface area contributed by atoms with Crippen LogP contribution < -0.4 is 0 Å². The van der Waals surface area contributed by atoms with Crippen molar-refractivity contribution in [2.24, 2.45) is 0 Å². The van der Waals surface area contributed by atoms with Gasteiger partial charge in [-0.15, -0.1) is 0 Å². The van der Waals surface area contributed by atoms with E-state index < -0.39 is 0 Å². The summed E-state index contributed by atoms with van der Waals surface area (Å²) >= 11 is 0. The van der Waals surface area contributed by atoms with Gasteiger partial charge in [-0.3, -0.25) is 4.57 Å². The van der Waals surface area contributed by atoms with E-state index in [-0.39, 0.29) is 0 Å². The normalized spacial score (nSPS) is 11.8. The Kier molecular flexibility index (Phi) is 5.81. The van der Waals surface area contributed by atoms with Crippen molar-refractivity contribution in [1.82, 2.24) is 19.5 Å². The number of aromatic nitrogens is 4. The van der Waals surface area contributed by atoms with E-state index in [0.717, 1.165) is 71.4 Å². The summed E-state index contributed by atoms with van der Waals surface area (Å²) in [5.41, 5.74) is 7.69. The first-order chi connectivity index (χ1) is 23.8. The van der Waals surface area contributed by atoms with Crippen LogP contribution in [0.2, 0.25) is 0 Å². The Bertz CT molecular complexity index is 2780. The van der Waals surface area contributed by atoms with Crippen molar-refractivity contribution in [3.63, 3.8) is 0 Å². The molecule has 0 aliphatic heterocycles. The fraction of sp³-hybridized carbons (Fsp3) is 0. The molecule has 224 valence electrons. The maximum Gasteiger partial charge on any atom is 0.238 e. The van der Waals surface area contributed by atoms with Crippen LogP contribution in [0.15, 0.2) is 162 Å². The Hall–Kier alpha value is -6.59. The topological polar surface area (TPSA) is 56.7 Å². The second-order valence-electron chi connectivity index (χ2n) is 12.0. The van der Waals surface area contributed by atoms with Crippen molar-refractivity contribution in [3.05, 3.63) is 158 Å². The van der Waals surface area contributed by atoms with E-state index >= 15 is 0 Å². The average molecular weight is 615 g/mol. The first kappa shape index (κ1) is 26.6. The molecular weight excluding hydrogens is 589 g/mol. The van der Waals surface area contributed by atoms with Crippen LogP contribution in [0.5, 0.6) is 0 Å². The minimum atomic E-state index is 0.558. The first-order valence-electron chi connectivity index (χ1n) is 16.0. The highest BCUT2D eigenvalue weighted by Crippen LogP contribution is 2.43. The van der Waals surface area contributed by atoms with Crippen LogP contribution in [-0.4, -0.2) is 19.5 Å². The third-order valence-corrected chi connectivity index (χ3v) is 9.24. The molecule has 0 unspecified atom stereocenters. The Morgan fingerprint density at radius 2 is 1.02 bits per heavy atom. The summed E-state index contributed by atoms with van der Waals surface area (Å²) in [4.78, 5) is 15.4. The predicted molar refractivity (Wildman–Crippen MR) is 195 cm³/mol. The lowest BCUT2D eigenvalue weighted by molar-refractivity contribution is 0.670. The quantitative estimate of drug-likeness (QED) is 0.198. The first-order valence-corrected chi connectivity index (χ1v) is 16.0. The van der Waals surface area contributed by atoms with Gasteiger partial charge in [-0.2, -0.15) is 9.97 Å².